The van der Waals surface area contributed by atoms with Gasteiger partial charge in [-0.2, -0.15) is 0 Å². The number of benzene rings is 3. The van der Waals surface area contributed by atoms with Gasteiger partial charge in [0.05, 0.1) is 16.4 Å². The zero-order valence-electron chi connectivity index (χ0n) is 17.4. The summed E-state index contributed by atoms with van der Waals surface area (Å²) in [6.07, 6.45) is 1.41. The fourth-order valence-corrected chi connectivity index (χ4v) is 4.45. The molecular weight excluding hydrogens is 527 g/mol. The molecule has 0 spiro atoms. The molecular formula is C24H16BrFN2O5S. The highest BCUT2D eigenvalue weighted by Gasteiger charge is 2.35. The van der Waals surface area contributed by atoms with Crippen molar-refractivity contribution in [2.24, 2.45) is 0 Å². The molecule has 2 amide bonds. The Labute approximate surface area is 206 Å². The van der Waals surface area contributed by atoms with Crippen LogP contribution in [0.4, 0.5) is 14.9 Å². The van der Waals surface area contributed by atoms with Gasteiger partial charge in [-0.1, -0.05) is 46.3 Å². The number of carbonyl (C=O) groups is 2. The molecule has 172 valence electrons. The normalized spacial score (nSPS) is 14.6. The summed E-state index contributed by atoms with van der Waals surface area (Å²) >= 11 is 4.17. The van der Waals surface area contributed by atoms with Crippen LogP contribution in [0.3, 0.4) is 0 Å². The fraction of sp³-hybridized carbons (Fsp3) is 0.0833. The molecule has 1 fully saturated rings. The number of ether oxygens (including phenoxy) is 1. The molecule has 7 nitrogen and oxygen atoms in total. The van der Waals surface area contributed by atoms with E-state index in [1.807, 2.05) is 18.2 Å². The Hall–Kier alpha value is -3.50. The van der Waals surface area contributed by atoms with E-state index in [9.17, 15) is 24.1 Å². The molecule has 1 heterocycles. The molecule has 0 aliphatic carbocycles. The van der Waals surface area contributed by atoms with E-state index >= 15 is 0 Å². The van der Waals surface area contributed by atoms with E-state index in [1.54, 1.807) is 18.2 Å². The predicted molar refractivity (Wildman–Crippen MR) is 129 cm³/mol. The smallest absolute Gasteiger partial charge is 0.293 e. The SMILES string of the molecule is O=C1S/C(=C\c2cc([N+](=O)[O-])ccc2OCc2ccc(F)cc2)C(=O)N1Cc1ccccc1Br. The van der Waals surface area contributed by atoms with E-state index in [2.05, 4.69) is 15.9 Å². The summed E-state index contributed by atoms with van der Waals surface area (Å²) in [7, 11) is 0. The minimum absolute atomic E-state index is 0.0858. The largest absolute Gasteiger partial charge is 0.488 e. The number of amides is 2. The first-order chi connectivity index (χ1) is 16.3. The molecule has 0 saturated carbocycles. The van der Waals surface area contributed by atoms with E-state index < -0.39 is 16.1 Å². The molecule has 1 aliphatic rings. The van der Waals surface area contributed by atoms with E-state index in [0.29, 0.717) is 5.56 Å². The Morgan fingerprint density at radius 2 is 1.82 bits per heavy atom. The van der Waals surface area contributed by atoms with E-state index in [1.165, 1.54) is 36.4 Å². The second kappa shape index (κ2) is 10.2. The summed E-state index contributed by atoms with van der Waals surface area (Å²) in [5.74, 6) is -0.590. The molecule has 0 bridgehead atoms. The first kappa shape index (κ1) is 23.7. The lowest BCUT2D eigenvalue weighted by Crippen LogP contribution is -2.27. The monoisotopic (exact) mass is 542 g/mol. The van der Waals surface area contributed by atoms with Crippen molar-refractivity contribution in [2.75, 3.05) is 0 Å². The number of nitrogens with zero attached hydrogens (tertiary/aromatic N) is 2. The molecule has 0 atom stereocenters. The van der Waals surface area contributed by atoms with Crippen LogP contribution in [-0.2, 0) is 17.9 Å². The molecule has 0 unspecified atom stereocenters. The number of nitro benzene ring substituents is 1. The summed E-state index contributed by atoms with van der Waals surface area (Å²) < 4.78 is 19.7. The lowest BCUT2D eigenvalue weighted by molar-refractivity contribution is -0.384. The van der Waals surface area contributed by atoms with Crippen LogP contribution in [0.5, 0.6) is 5.75 Å². The first-order valence-corrected chi connectivity index (χ1v) is 11.6. The molecule has 1 aliphatic heterocycles. The van der Waals surface area contributed by atoms with Gasteiger partial charge in [-0.25, -0.2) is 4.39 Å². The molecule has 0 N–H and O–H groups in total. The van der Waals surface area contributed by atoms with Gasteiger partial charge < -0.3 is 4.74 Å². The van der Waals surface area contributed by atoms with Crippen LogP contribution >= 0.6 is 27.7 Å². The number of hydrogen-bond acceptors (Lipinski definition) is 6. The Morgan fingerprint density at radius 3 is 2.53 bits per heavy atom. The van der Waals surface area contributed by atoms with Crippen molar-refractivity contribution in [3.8, 4) is 5.75 Å². The van der Waals surface area contributed by atoms with Crippen LogP contribution < -0.4 is 4.74 Å². The Bertz CT molecular complexity index is 1310. The Kier molecular flexibility index (Phi) is 7.09. The minimum atomic E-state index is -0.556. The van der Waals surface area contributed by atoms with Crippen molar-refractivity contribution in [3.63, 3.8) is 0 Å². The van der Waals surface area contributed by atoms with Gasteiger partial charge in [0.15, 0.2) is 0 Å². The van der Waals surface area contributed by atoms with Gasteiger partial charge in [0.25, 0.3) is 16.8 Å². The van der Waals surface area contributed by atoms with Crippen LogP contribution in [0.1, 0.15) is 16.7 Å². The number of rotatable bonds is 7. The van der Waals surface area contributed by atoms with Gasteiger partial charge in [0, 0.05) is 22.2 Å². The number of halogens is 2. The Balaban J connectivity index is 1.61. The molecule has 3 aromatic rings. The van der Waals surface area contributed by atoms with Crippen molar-refractivity contribution in [1.82, 2.24) is 4.90 Å². The standard InChI is InChI=1S/C24H16BrFN2O5S/c25-20-4-2-1-3-16(20)13-27-23(29)22(34-24(27)30)12-17-11-19(28(31)32)9-10-21(17)33-14-15-5-7-18(26)8-6-15/h1-12H,13-14H2/b22-12-. The van der Waals surface area contributed by atoms with Gasteiger partial charge in [-0.15, -0.1) is 0 Å². The van der Waals surface area contributed by atoms with Gasteiger partial charge in [0.2, 0.25) is 0 Å². The molecule has 10 heteroatoms. The maximum absolute atomic E-state index is 13.1. The fourth-order valence-electron chi connectivity index (χ4n) is 3.21. The zero-order chi connectivity index (χ0) is 24.2. The second-order valence-corrected chi connectivity index (χ2v) is 9.10. The third kappa shape index (κ3) is 5.35. The molecule has 34 heavy (non-hydrogen) atoms. The molecule has 1 saturated heterocycles. The highest BCUT2D eigenvalue weighted by molar-refractivity contribution is 9.10. The second-order valence-electron chi connectivity index (χ2n) is 7.25. The number of imide groups is 1. The Morgan fingerprint density at radius 1 is 1.09 bits per heavy atom. The van der Waals surface area contributed by atoms with Gasteiger partial charge >= 0.3 is 0 Å². The van der Waals surface area contributed by atoms with Crippen molar-refractivity contribution in [1.29, 1.82) is 0 Å². The molecule has 3 aromatic carbocycles. The average Bonchev–Trinajstić information content (AvgIpc) is 3.08. The van der Waals surface area contributed by atoms with Crippen molar-refractivity contribution < 1.29 is 23.6 Å². The quantitative estimate of drug-likeness (QED) is 0.197. The number of non-ortho nitro benzene ring substituents is 1. The third-order valence-electron chi connectivity index (χ3n) is 4.96. The lowest BCUT2D eigenvalue weighted by Gasteiger charge is -2.13. The van der Waals surface area contributed by atoms with Crippen LogP contribution in [0.2, 0.25) is 0 Å². The summed E-state index contributed by atoms with van der Waals surface area (Å²) in [5.41, 5.74) is 1.56. The highest BCUT2D eigenvalue weighted by atomic mass is 79.9. The number of thioether (sulfide) groups is 1. The van der Waals surface area contributed by atoms with Gasteiger partial charge in [-0.05, 0) is 53.2 Å². The summed E-state index contributed by atoms with van der Waals surface area (Å²) in [5, 5.41) is 10.8. The summed E-state index contributed by atoms with van der Waals surface area (Å²) in [6, 6.07) is 17.0. The third-order valence-corrected chi connectivity index (χ3v) is 6.64. The van der Waals surface area contributed by atoms with Crippen LogP contribution in [0.25, 0.3) is 6.08 Å². The highest BCUT2D eigenvalue weighted by Crippen LogP contribution is 2.36. The van der Waals surface area contributed by atoms with Crippen LogP contribution in [0, 0.1) is 15.9 Å². The summed E-state index contributed by atoms with van der Waals surface area (Å²) in [4.78, 5) is 37.5. The number of nitro groups is 1. The molecule has 0 aromatic heterocycles. The van der Waals surface area contributed by atoms with E-state index in [4.69, 9.17) is 4.74 Å². The average molecular weight is 543 g/mol. The topological polar surface area (TPSA) is 89.7 Å². The van der Waals surface area contributed by atoms with Gasteiger partial charge in [0.1, 0.15) is 18.2 Å². The van der Waals surface area contributed by atoms with Crippen LogP contribution in [-0.4, -0.2) is 21.0 Å². The van der Waals surface area contributed by atoms with Gasteiger partial charge in [-0.3, -0.25) is 24.6 Å². The molecule has 0 radical (unpaired) electrons. The molecule has 4 rings (SSSR count). The maximum Gasteiger partial charge on any atom is 0.293 e. The van der Waals surface area contributed by atoms with Crippen molar-refractivity contribution >= 4 is 50.6 Å². The summed E-state index contributed by atoms with van der Waals surface area (Å²) in [6.45, 7) is 0.175. The number of carbonyl (C=O) groups excluding carboxylic acids is 2. The maximum atomic E-state index is 13.1. The van der Waals surface area contributed by atoms with Crippen molar-refractivity contribution in [3.05, 3.63) is 109 Å². The number of hydrogen-bond donors (Lipinski definition) is 0. The predicted octanol–water partition coefficient (Wildman–Crippen LogP) is 6.31. The van der Waals surface area contributed by atoms with E-state index in [0.717, 1.165) is 26.7 Å². The first-order valence-electron chi connectivity index (χ1n) is 9.96. The van der Waals surface area contributed by atoms with Crippen LogP contribution in [0.15, 0.2) is 76.1 Å². The van der Waals surface area contributed by atoms with E-state index in [-0.39, 0.29) is 40.9 Å². The minimum Gasteiger partial charge on any atom is -0.488 e. The zero-order valence-corrected chi connectivity index (χ0v) is 19.8. The van der Waals surface area contributed by atoms with Crippen molar-refractivity contribution in [2.45, 2.75) is 13.2 Å². The lowest BCUT2D eigenvalue weighted by atomic mass is 10.1.